The SMILES string of the molecule is C=C1/C=C\C=C(\c2cc(C)c(N(c3ccccc3)c3cc(CC)c4ccc5c(N(c6ccccc6)c6c(C)cc(-c7cccc8c7oc7ccccc78)cc6C)cc(CC)c6ccc3c4c65)c(C)c2)COc2ccccc21. The second kappa shape index (κ2) is 19.2. The number of allylic oxidation sites excluding steroid dienone is 4. The second-order valence-electron chi connectivity index (χ2n) is 20.8. The van der Waals surface area contributed by atoms with Gasteiger partial charge in [0.2, 0.25) is 0 Å². The Labute approximate surface area is 451 Å². The highest BCUT2D eigenvalue weighted by Gasteiger charge is 2.28. The summed E-state index contributed by atoms with van der Waals surface area (Å²) in [6.07, 6.45) is 8.12. The van der Waals surface area contributed by atoms with Crippen LogP contribution < -0.4 is 14.5 Å². The number of ether oxygens (including phenoxy) is 1. The summed E-state index contributed by atoms with van der Waals surface area (Å²) in [6, 6.07) is 68.8. The molecule has 2 heterocycles. The molecular formula is C73H60N2O2. The Balaban J connectivity index is 1.00. The zero-order valence-corrected chi connectivity index (χ0v) is 44.7. The highest BCUT2D eigenvalue weighted by atomic mass is 16.5. The Morgan fingerprint density at radius 3 is 1.55 bits per heavy atom. The first-order chi connectivity index (χ1) is 37.7. The number of benzene rings is 11. The Morgan fingerprint density at radius 2 is 0.961 bits per heavy atom. The van der Waals surface area contributed by atoms with Crippen molar-refractivity contribution < 1.29 is 9.15 Å². The highest BCUT2D eigenvalue weighted by Crippen LogP contribution is 2.52. The molecule has 0 saturated carbocycles. The van der Waals surface area contributed by atoms with Crippen LogP contribution in [0.5, 0.6) is 5.75 Å². The first kappa shape index (κ1) is 47.6. The molecule has 374 valence electrons. The number of furan rings is 1. The lowest BCUT2D eigenvalue weighted by Gasteiger charge is -2.33. The van der Waals surface area contributed by atoms with E-state index in [4.69, 9.17) is 9.15 Å². The number of para-hydroxylation sites is 5. The molecule has 0 fully saturated rings. The van der Waals surface area contributed by atoms with Crippen LogP contribution in [0.3, 0.4) is 0 Å². The zero-order chi connectivity index (χ0) is 52.5. The summed E-state index contributed by atoms with van der Waals surface area (Å²) in [5.74, 6) is 0.843. The van der Waals surface area contributed by atoms with Gasteiger partial charge in [0, 0.05) is 44.0 Å². The summed E-state index contributed by atoms with van der Waals surface area (Å²) >= 11 is 0. The third-order valence-corrected chi connectivity index (χ3v) is 16.0. The predicted molar refractivity (Wildman–Crippen MR) is 328 cm³/mol. The van der Waals surface area contributed by atoms with Gasteiger partial charge >= 0.3 is 0 Å². The van der Waals surface area contributed by atoms with Crippen molar-refractivity contribution >= 4 is 99.5 Å². The van der Waals surface area contributed by atoms with Gasteiger partial charge < -0.3 is 19.0 Å². The Kier molecular flexibility index (Phi) is 11.9. The molecule has 0 N–H and O–H groups in total. The molecule has 13 rings (SSSR count). The largest absolute Gasteiger partial charge is 0.488 e. The van der Waals surface area contributed by atoms with Crippen LogP contribution in [0, 0.1) is 27.7 Å². The van der Waals surface area contributed by atoms with Crippen LogP contribution in [-0.2, 0) is 12.8 Å². The van der Waals surface area contributed by atoms with E-state index in [1.807, 2.05) is 24.3 Å². The molecule has 0 atom stereocenters. The summed E-state index contributed by atoms with van der Waals surface area (Å²) in [4.78, 5) is 5.04. The molecule has 1 aromatic heterocycles. The molecule has 0 amide bonds. The summed E-state index contributed by atoms with van der Waals surface area (Å²) < 4.78 is 13.1. The molecule has 0 saturated heterocycles. The fraction of sp³-hybridized carbons (Fsp3) is 0.123. The molecule has 1 aliphatic heterocycles. The molecule has 1 aliphatic rings. The quantitative estimate of drug-likeness (QED) is 0.128. The van der Waals surface area contributed by atoms with E-state index in [-0.39, 0.29) is 0 Å². The lowest BCUT2D eigenvalue weighted by Crippen LogP contribution is -2.15. The van der Waals surface area contributed by atoms with Crippen molar-refractivity contribution in [2.45, 2.75) is 54.4 Å². The van der Waals surface area contributed by atoms with Gasteiger partial charge in [0.05, 0.1) is 22.7 Å². The van der Waals surface area contributed by atoms with Crippen LogP contribution in [0.25, 0.3) is 76.5 Å². The monoisotopic (exact) mass is 996 g/mol. The van der Waals surface area contributed by atoms with E-state index in [9.17, 15) is 0 Å². The fourth-order valence-corrected chi connectivity index (χ4v) is 12.5. The van der Waals surface area contributed by atoms with Gasteiger partial charge in [-0.3, -0.25) is 0 Å². The number of nitrogens with zero attached hydrogens (tertiary/aromatic N) is 2. The van der Waals surface area contributed by atoms with Crippen LogP contribution in [0.15, 0.2) is 217 Å². The highest BCUT2D eigenvalue weighted by molar-refractivity contribution is 6.29. The third-order valence-electron chi connectivity index (χ3n) is 16.0. The van der Waals surface area contributed by atoms with Crippen LogP contribution >= 0.6 is 0 Å². The average Bonchev–Trinajstić information content (AvgIpc) is 3.88. The minimum Gasteiger partial charge on any atom is -0.488 e. The van der Waals surface area contributed by atoms with Crippen LogP contribution in [0.1, 0.15) is 58.4 Å². The lowest BCUT2D eigenvalue weighted by atomic mass is 9.86. The van der Waals surface area contributed by atoms with Gasteiger partial charge in [-0.25, -0.2) is 0 Å². The number of rotatable bonds is 10. The number of aryl methyl sites for hydroxylation is 6. The molecule has 11 aromatic carbocycles. The van der Waals surface area contributed by atoms with Crippen LogP contribution in [-0.4, -0.2) is 6.61 Å². The summed E-state index contributed by atoms with van der Waals surface area (Å²) in [6.45, 7) is 18.4. The van der Waals surface area contributed by atoms with E-state index in [1.165, 1.54) is 88.4 Å². The maximum atomic E-state index is 6.59. The second-order valence-corrected chi connectivity index (χ2v) is 20.8. The van der Waals surface area contributed by atoms with Crippen LogP contribution in [0.4, 0.5) is 34.1 Å². The van der Waals surface area contributed by atoms with E-state index in [0.717, 1.165) is 85.3 Å². The maximum absolute atomic E-state index is 6.59. The minimum absolute atomic E-state index is 0.443. The fourth-order valence-electron chi connectivity index (χ4n) is 12.5. The smallest absolute Gasteiger partial charge is 0.143 e. The van der Waals surface area contributed by atoms with Gasteiger partial charge in [-0.1, -0.05) is 154 Å². The first-order valence-corrected chi connectivity index (χ1v) is 27.1. The Bertz CT molecular complexity index is 4320. The van der Waals surface area contributed by atoms with E-state index < -0.39 is 0 Å². The standard InChI is InChI=1S/C73H60N2O2/c1-8-50-42-65(74(55-24-12-10-13-25-55)71-46(4)38-53(39-47(71)5)52-23-20-22-45(3)57-28-16-18-32-67(57)76-44-52)63-36-34-59-51(9-2)43-66(64-37-35-58(50)69(63)70(59)64)75(56-26-14-11-15-27-56)72-48(6)40-54(41-49(72)7)60-30-21-31-62-61-29-17-19-33-68(61)77-73(60)62/h10-43H,3,8-9,44H2,1-2,4-7H3/b22-20-,52-23+. The van der Waals surface area contributed by atoms with E-state index in [2.05, 4.69) is 240 Å². The lowest BCUT2D eigenvalue weighted by molar-refractivity contribution is 0.369. The van der Waals surface area contributed by atoms with E-state index >= 15 is 0 Å². The molecule has 12 aromatic rings. The number of anilines is 6. The topological polar surface area (TPSA) is 28.9 Å². The van der Waals surface area contributed by atoms with Gasteiger partial charge in [-0.05, 0) is 191 Å². The summed E-state index contributed by atoms with van der Waals surface area (Å²) in [5, 5.41) is 9.92. The molecule has 0 unspecified atom stereocenters. The van der Waals surface area contributed by atoms with Crippen molar-refractivity contribution in [3.05, 3.63) is 257 Å². The van der Waals surface area contributed by atoms with Crippen molar-refractivity contribution in [3.63, 3.8) is 0 Å². The van der Waals surface area contributed by atoms with E-state index in [1.54, 1.807) is 0 Å². The van der Waals surface area contributed by atoms with Crippen LogP contribution in [0.2, 0.25) is 0 Å². The summed E-state index contributed by atoms with van der Waals surface area (Å²) in [5.41, 5.74) is 22.6. The molecule has 77 heavy (non-hydrogen) atoms. The predicted octanol–water partition coefficient (Wildman–Crippen LogP) is 20.5. The summed E-state index contributed by atoms with van der Waals surface area (Å²) in [7, 11) is 0. The number of hydrogen-bond acceptors (Lipinski definition) is 4. The Morgan fingerprint density at radius 1 is 0.468 bits per heavy atom. The number of fused-ring (bicyclic) bond motifs is 4. The van der Waals surface area contributed by atoms with Gasteiger partial charge in [-0.15, -0.1) is 0 Å². The van der Waals surface area contributed by atoms with Gasteiger partial charge in [-0.2, -0.15) is 0 Å². The molecule has 0 aliphatic carbocycles. The molecule has 4 heteroatoms. The molecule has 0 radical (unpaired) electrons. The van der Waals surface area contributed by atoms with Crippen molar-refractivity contribution in [3.8, 4) is 16.9 Å². The first-order valence-electron chi connectivity index (χ1n) is 27.1. The van der Waals surface area contributed by atoms with Gasteiger partial charge in [0.25, 0.3) is 0 Å². The normalized spacial score (nSPS) is 13.8. The maximum Gasteiger partial charge on any atom is 0.143 e. The third kappa shape index (κ3) is 7.98. The van der Waals surface area contributed by atoms with Crippen molar-refractivity contribution in [2.75, 3.05) is 16.4 Å². The molecular weight excluding hydrogens is 937 g/mol. The molecule has 4 nitrogen and oxygen atoms in total. The average molecular weight is 997 g/mol. The molecule has 0 bridgehead atoms. The van der Waals surface area contributed by atoms with Gasteiger partial charge in [0.1, 0.15) is 23.5 Å². The zero-order valence-electron chi connectivity index (χ0n) is 44.7. The van der Waals surface area contributed by atoms with Crippen molar-refractivity contribution in [1.82, 2.24) is 0 Å². The van der Waals surface area contributed by atoms with Crippen molar-refractivity contribution in [2.24, 2.45) is 0 Å². The van der Waals surface area contributed by atoms with Gasteiger partial charge in [0.15, 0.2) is 0 Å². The van der Waals surface area contributed by atoms with Crippen molar-refractivity contribution in [1.29, 1.82) is 0 Å². The Hall–Kier alpha value is -9.12. The van der Waals surface area contributed by atoms with E-state index in [0.29, 0.717) is 6.61 Å². The molecule has 0 spiro atoms. The minimum atomic E-state index is 0.443. The number of hydrogen-bond donors (Lipinski definition) is 0.